The summed E-state index contributed by atoms with van der Waals surface area (Å²) in [4.78, 5) is 13.1. The number of ether oxygens (including phenoxy) is 1. The van der Waals surface area contributed by atoms with E-state index in [9.17, 15) is 4.79 Å². The van der Waals surface area contributed by atoms with Crippen LogP contribution in [0.3, 0.4) is 0 Å². The Bertz CT molecular complexity index is 951. The zero-order chi connectivity index (χ0) is 20.3. The minimum absolute atomic E-state index is 0.106. The number of hydrogen-bond acceptors (Lipinski definition) is 3. The number of hydrogen-bond donors (Lipinski definition) is 1. The lowest BCUT2D eigenvalue weighted by molar-refractivity contribution is -0.149. The van der Waals surface area contributed by atoms with Gasteiger partial charge in [-0.25, -0.2) is 0 Å². The maximum absolute atomic E-state index is 13.1. The summed E-state index contributed by atoms with van der Waals surface area (Å²) in [5.74, 6) is -0.208. The molecule has 1 aliphatic rings. The standard InChI is InChI=1S/C25H24BrNO2/c1-29-24(28)25(15-14-18-12-13-22(26)16-21(18)17-25)27-23(19-8-4-2-5-9-19)20-10-6-3-7-11-20/h2-13,16,23,27H,14-15,17H2,1H3. The highest BCUT2D eigenvalue weighted by atomic mass is 79.9. The monoisotopic (exact) mass is 449 g/mol. The largest absolute Gasteiger partial charge is 0.468 e. The smallest absolute Gasteiger partial charge is 0.326 e. The van der Waals surface area contributed by atoms with Crippen LogP contribution in [0.5, 0.6) is 0 Å². The number of methoxy groups -OCH3 is 1. The molecule has 0 radical (unpaired) electrons. The summed E-state index contributed by atoms with van der Waals surface area (Å²) in [7, 11) is 1.47. The van der Waals surface area contributed by atoms with E-state index in [0.717, 1.165) is 22.0 Å². The topological polar surface area (TPSA) is 38.3 Å². The number of fused-ring (bicyclic) bond motifs is 1. The Morgan fingerprint density at radius 2 is 1.59 bits per heavy atom. The predicted octanol–water partition coefficient (Wildman–Crippen LogP) is 5.23. The quantitative estimate of drug-likeness (QED) is 0.541. The van der Waals surface area contributed by atoms with Crippen LogP contribution in [-0.2, 0) is 22.4 Å². The van der Waals surface area contributed by atoms with E-state index in [1.807, 2.05) is 36.4 Å². The first-order valence-corrected chi connectivity index (χ1v) is 10.6. The lowest BCUT2D eigenvalue weighted by Gasteiger charge is -2.39. The SMILES string of the molecule is COC(=O)C1(NC(c2ccccc2)c2ccccc2)CCc2ccc(Br)cc2C1. The Balaban J connectivity index is 1.76. The molecule has 4 heteroatoms. The summed E-state index contributed by atoms with van der Waals surface area (Å²) in [6.45, 7) is 0. The van der Waals surface area contributed by atoms with Gasteiger partial charge in [0.05, 0.1) is 13.2 Å². The third-order valence-corrected chi connectivity index (χ3v) is 6.24. The number of halogens is 1. The molecule has 148 valence electrons. The molecule has 1 unspecified atom stereocenters. The Morgan fingerprint density at radius 3 is 2.17 bits per heavy atom. The fourth-order valence-electron chi connectivity index (χ4n) is 4.24. The van der Waals surface area contributed by atoms with Crippen molar-refractivity contribution in [2.45, 2.75) is 30.8 Å². The van der Waals surface area contributed by atoms with Gasteiger partial charge >= 0.3 is 5.97 Å². The molecule has 3 aromatic rings. The number of esters is 1. The number of benzene rings is 3. The molecule has 0 aliphatic heterocycles. The zero-order valence-corrected chi connectivity index (χ0v) is 18.0. The second-order valence-electron chi connectivity index (χ2n) is 7.56. The van der Waals surface area contributed by atoms with E-state index >= 15 is 0 Å². The van der Waals surface area contributed by atoms with Gasteiger partial charge in [0.25, 0.3) is 0 Å². The van der Waals surface area contributed by atoms with Crippen LogP contribution in [0.1, 0.15) is 34.7 Å². The number of carbonyl (C=O) groups is 1. The van der Waals surface area contributed by atoms with Gasteiger partial charge in [0.15, 0.2) is 0 Å². The third-order valence-electron chi connectivity index (χ3n) is 5.74. The van der Waals surface area contributed by atoms with Crippen molar-refractivity contribution in [1.29, 1.82) is 0 Å². The first kappa shape index (κ1) is 19.9. The maximum atomic E-state index is 13.1. The Labute approximate surface area is 180 Å². The fourth-order valence-corrected chi connectivity index (χ4v) is 4.65. The molecule has 0 spiro atoms. The van der Waals surface area contributed by atoms with Gasteiger partial charge in [-0.1, -0.05) is 82.7 Å². The van der Waals surface area contributed by atoms with Gasteiger partial charge in [-0.15, -0.1) is 0 Å². The predicted molar refractivity (Wildman–Crippen MR) is 119 cm³/mol. The molecule has 0 aromatic heterocycles. The summed E-state index contributed by atoms with van der Waals surface area (Å²) in [5, 5.41) is 3.72. The lowest BCUT2D eigenvalue weighted by atomic mass is 9.76. The van der Waals surface area contributed by atoms with Gasteiger partial charge in [-0.2, -0.15) is 0 Å². The Morgan fingerprint density at radius 1 is 0.966 bits per heavy atom. The van der Waals surface area contributed by atoms with Gasteiger partial charge in [0, 0.05) is 10.9 Å². The van der Waals surface area contributed by atoms with Crippen LogP contribution >= 0.6 is 15.9 Å². The molecule has 1 N–H and O–H groups in total. The van der Waals surface area contributed by atoms with E-state index in [1.54, 1.807) is 0 Å². The van der Waals surface area contributed by atoms with Crippen LogP contribution in [0.25, 0.3) is 0 Å². The van der Waals surface area contributed by atoms with Crippen molar-refractivity contribution in [3.63, 3.8) is 0 Å². The Kier molecular flexibility index (Phi) is 5.84. The summed E-state index contributed by atoms with van der Waals surface area (Å²) in [6, 6.07) is 26.8. The van der Waals surface area contributed by atoms with Crippen LogP contribution in [-0.4, -0.2) is 18.6 Å². The summed E-state index contributed by atoms with van der Waals surface area (Å²) >= 11 is 3.57. The highest BCUT2D eigenvalue weighted by Crippen LogP contribution is 2.35. The molecule has 4 rings (SSSR count). The van der Waals surface area contributed by atoms with Crippen molar-refractivity contribution in [3.8, 4) is 0 Å². The van der Waals surface area contributed by atoms with Gasteiger partial charge in [0.1, 0.15) is 5.54 Å². The number of rotatable bonds is 5. The van der Waals surface area contributed by atoms with Gasteiger partial charge in [0.2, 0.25) is 0 Å². The zero-order valence-electron chi connectivity index (χ0n) is 16.4. The molecule has 29 heavy (non-hydrogen) atoms. The summed E-state index contributed by atoms with van der Waals surface area (Å²) in [5.41, 5.74) is 3.96. The van der Waals surface area contributed by atoms with Crippen LogP contribution in [0, 0.1) is 0 Å². The molecule has 1 aliphatic carbocycles. The average molecular weight is 450 g/mol. The van der Waals surface area contributed by atoms with Crippen LogP contribution in [0.2, 0.25) is 0 Å². The summed E-state index contributed by atoms with van der Waals surface area (Å²) in [6.07, 6.45) is 2.14. The van der Waals surface area contributed by atoms with E-state index < -0.39 is 5.54 Å². The van der Waals surface area contributed by atoms with Gasteiger partial charge in [-0.3, -0.25) is 10.1 Å². The molecular weight excluding hydrogens is 426 g/mol. The van der Waals surface area contributed by atoms with E-state index in [1.165, 1.54) is 18.2 Å². The molecule has 0 fully saturated rings. The third kappa shape index (κ3) is 4.14. The minimum atomic E-state index is -0.779. The van der Waals surface area contributed by atoms with Crippen molar-refractivity contribution >= 4 is 21.9 Å². The summed E-state index contributed by atoms with van der Waals surface area (Å²) < 4.78 is 6.33. The molecular formula is C25H24BrNO2. The average Bonchev–Trinajstić information content (AvgIpc) is 2.77. The molecule has 0 heterocycles. The highest BCUT2D eigenvalue weighted by Gasteiger charge is 2.44. The molecule has 0 saturated carbocycles. The van der Waals surface area contributed by atoms with Crippen molar-refractivity contribution in [2.75, 3.05) is 7.11 Å². The second kappa shape index (κ2) is 8.52. The molecule has 1 atom stereocenters. The number of aryl methyl sites for hydroxylation is 1. The number of nitrogens with one attached hydrogen (secondary N) is 1. The van der Waals surface area contributed by atoms with Crippen LogP contribution in [0.4, 0.5) is 0 Å². The molecule has 3 nitrogen and oxygen atoms in total. The number of carbonyl (C=O) groups excluding carboxylic acids is 1. The van der Waals surface area contributed by atoms with Crippen molar-refractivity contribution in [3.05, 3.63) is 106 Å². The van der Waals surface area contributed by atoms with Crippen LogP contribution < -0.4 is 5.32 Å². The second-order valence-corrected chi connectivity index (χ2v) is 8.48. The fraction of sp³-hybridized carbons (Fsp3) is 0.240. The molecule has 0 amide bonds. The van der Waals surface area contributed by atoms with Crippen molar-refractivity contribution in [2.24, 2.45) is 0 Å². The molecule has 0 saturated heterocycles. The minimum Gasteiger partial charge on any atom is -0.468 e. The van der Waals surface area contributed by atoms with Crippen molar-refractivity contribution in [1.82, 2.24) is 5.32 Å². The van der Waals surface area contributed by atoms with E-state index in [0.29, 0.717) is 12.8 Å². The van der Waals surface area contributed by atoms with Gasteiger partial charge < -0.3 is 4.74 Å². The van der Waals surface area contributed by atoms with E-state index in [2.05, 4.69) is 63.7 Å². The van der Waals surface area contributed by atoms with Gasteiger partial charge in [-0.05, 0) is 47.2 Å². The van der Waals surface area contributed by atoms with Crippen LogP contribution in [0.15, 0.2) is 83.3 Å². The maximum Gasteiger partial charge on any atom is 0.326 e. The molecule has 0 bridgehead atoms. The van der Waals surface area contributed by atoms with E-state index in [-0.39, 0.29) is 12.0 Å². The first-order valence-electron chi connectivity index (χ1n) is 9.85. The molecule has 3 aromatic carbocycles. The van der Waals surface area contributed by atoms with E-state index in [4.69, 9.17) is 4.74 Å². The normalized spacial score (nSPS) is 18.3. The first-order chi connectivity index (χ1) is 14.1. The van der Waals surface area contributed by atoms with Crippen molar-refractivity contribution < 1.29 is 9.53 Å². The lowest BCUT2D eigenvalue weighted by Crippen LogP contribution is -2.57. The Hall–Kier alpha value is -2.43. The highest BCUT2D eigenvalue weighted by molar-refractivity contribution is 9.10.